The molecule has 0 aromatic heterocycles. The van der Waals surface area contributed by atoms with Crippen LogP contribution in [-0.4, -0.2) is 19.8 Å². The van der Waals surface area contributed by atoms with Crippen LogP contribution in [-0.2, 0) is 0 Å². The molecule has 1 N–H and O–H groups in total. The summed E-state index contributed by atoms with van der Waals surface area (Å²) in [6, 6.07) is 0. The Hall–Kier alpha value is 0.0400. The second-order valence-electron chi connectivity index (χ2n) is 3.49. The summed E-state index contributed by atoms with van der Waals surface area (Å²) in [5, 5.41) is 2.73. The van der Waals surface area contributed by atoms with Gasteiger partial charge in [0.05, 0.1) is 0 Å². The Morgan fingerprint density at radius 2 is 1.58 bits per heavy atom. The molecule has 0 rings (SSSR count). The quantitative estimate of drug-likeness (QED) is 0.747. The van der Waals surface area contributed by atoms with Gasteiger partial charge >= 0.3 is 6.18 Å². The minimum atomic E-state index is -4.06. The lowest BCUT2D eigenvalue weighted by molar-refractivity contribution is -0.153. The van der Waals surface area contributed by atoms with Gasteiger partial charge in [-0.05, 0) is 12.5 Å². The van der Waals surface area contributed by atoms with Crippen molar-refractivity contribution >= 4 is 12.4 Å². The molecule has 0 radical (unpaired) electrons. The van der Waals surface area contributed by atoms with Crippen LogP contribution in [0, 0.1) is 5.41 Å². The Labute approximate surface area is 77.1 Å². The van der Waals surface area contributed by atoms with Crippen molar-refractivity contribution < 1.29 is 13.2 Å². The molecule has 0 saturated carbocycles. The highest BCUT2D eigenvalue weighted by Crippen LogP contribution is 2.32. The fourth-order valence-corrected chi connectivity index (χ4v) is 1.08. The van der Waals surface area contributed by atoms with Crippen LogP contribution in [0.4, 0.5) is 13.2 Å². The van der Waals surface area contributed by atoms with Crippen molar-refractivity contribution in [2.75, 3.05) is 13.6 Å². The maximum absolute atomic E-state index is 11.8. The van der Waals surface area contributed by atoms with Gasteiger partial charge in [-0.2, -0.15) is 13.2 Å². The molecule has 0 atom stereocenters. The summed E-state index contributed by atoms with van der Waals surface area (Å²) in [6.45, 7) is 3.57. The minimum absolute atomic E-state index is 0. The molecule has 0 aliphatic rings. The second kappa shape index (κ2) is 4.92. The number of rotatable bonds is 3. The number of hydrogen-bond acceptors (Lipinski definition) is 1. The van der Waals surface area contributed by atoms with E-state index < -0.39 is 18.0 Å². The van der Waals surface area contributed by atoms with E-state index in [9.17, 15) is 13.2 Å². The van der Waals surface area contributed by atoms with Crippen LogP contribution in [0.2, 0.25) is 0 Å². The van der Waals surface area contributed by atoms with Gasteiger partial charge in [0, 0.05) is 13.0 Å². The van der Waals surface area contributed by atoms with Gasteiger partial charge in [0.15, 0.2) is 0 Å². The zero-order valence-corrected chi connectivity index (χ0v) is 8.27. The van der Waals surface area contributed by atoms with Gasteiger partial charge in [0.25, 0.3) is 0 Å². The summed E-state index contributed by atoms with van der Waals surface area (Å²) >= 11 is 0. The van der Waals surface area contributed by atoms with Crippen molar-refractivity contribution in [3.63, 3.8) is 0 Å². The third-order valence-corrected chi connectivity index (χ3v) is 1.33. The Bertz CT molecular complexity index is 122. The normalized spacial score (nSPS) is 12.5. The van der Waals surface area contributed by atoms with Crippen LogP contribution in [0.15, 0.2) is 0 Å². The highest BCUT2D eigenvalue weighted by Gasteiger charge is 2.35. The van der Waals surface area contributed by atoms with E-state index in [1.54, 1.807) is 20.9 Å². The topological polar surface area (TPSA) is 12.0 Å². The van der Waals surface area contributed by atoms with Gasteiger partial charge in [-0.1, -0.05) is 13.8 Å². The number of hydrogen-bond donors (Lipinski definition) is 1. The molecule has 0 heterocycles. The largest absolute Gasteiger partial charge is 0.389 e. The van der Waals surface area contributed by atoms with E-state index in [4.69, 9.17) is 0 Å². The van der Waals surface area contributed by atoms with Crippen LogP contribution in [0.25, 0.3) is 0 Å². The third kappa shape index (κ3) is 8.14. The molecule has 0 aromatic rings. The molecule has 0 aliphatic carbocycles. The lowest BCUT2D eigenvalue weighted by Crippen LogP contribution is -2.31. The predicted molar refractivity (Wildman–Crippen MR) is 45.6 cm³/mol. The van der Waals surface area contributed by atoms with Crippen molar-refractivity contribution in [2.24, 2.45) is 5.41 Å². The minimum Gasteiger partial charge on any atom is -0.319 e. The predicted octanol–water partition coefficient (Wildman–Crippen LogP) is 2.61. The molecule has 12 heavy (non-hydrogen) atoms. The van der Waals surface area contributed by atoms with Crippen LogP contribution in [0.5, 0.6) is 0 Å². The first-order chi connectivity index (χ1) is 4.77. The first kappa shape index (κ1) is 14.6. The summed E-state index contributed by atoms with van der Waals surface area (Å²) in [7, 11) is 1.65. The SMILES string of the molecule is CNCC(C)(C)CC(F)(F)F.Cl. The molecular weight excluding hydrogens is 191 g/mol. The molecule has 0 aromatic carbocycles. The van der Waals surface area contributed by atoms with Gasteiger partial charge in [-0.25, -0.2) is 0 Å². The van der Waals surface area contributed by atoms with Crippen LogP contribution < -0.4 is 5.32 Å². The molecule has 0 unspecified atom stereocenters. The van der Waals surface area contributed by atoms with Crippen LogP contribution >= 0.6 is 12.4 Å². The molecule has 5 heteroatoms. The molecular formula is C7H15ClF3N. The lowest BCUT2D eigenvalue weighted by Gasteiger charge is -2.25. The number of halogens is 4. The van der Waals surface area contributed by atoms with E-state index in [1.807, 2.05) is 0 Å². The van der Waals surface area contributed by atoms with E-state index in [1.165, 1.54) is 0 Å². The van der Waals surface area contributed by atoms with E-state index in [0.29, 0.717) is 6.54 Å². The molecule has 1 nitrogen and oxygen atoms in total. The molecule has 0 fully saturated rings. The van der Waals surface area contributed by atoms with E-state index in [-0.39, 0.29) is 12.4 Å². The maximum atomic E-state index is 11.8. The monoisotopic (exact) mass is 205 g/mol. The Morgan fingerprint density at radius 1 is 1.17 bits per heavy atom. The maximum Gasteiger partial charge on any atom is 0.389 e. The Balaban J connectivity index is 0. The standard InChI is InChI=1S/C7H14F3N.ClH/c1-6(2,5-11-3)4-7(8,9)10;/h11H,4-5H2,1-3H3;1H. The zero-order chi connectivity index (χ0) is 9.12. The second-order valence-corrected chi connectivity index (χ2v) is 3.49. The Kier molecular flexibility index (Phi) is 5.97. The number of alkyl halides is 3. The van der Waals surface area contributed by atoms with Crippen molar-refractivity contribution in [1.29, 1.82) is 0 Å². The summed E-state index contributed by atoms with van der Waals surface area (Å²) in [5.41, 5.74) is -0.701. The lowest BCUT2D eigenvalue weighted by atomic mass is 9.89. The molecule has 0 aliphatic heterocycles. The fraction of sp³-hybridized carbons (Fsp3) is 1.00. The fourth-order valence-electron chi connectivity index (χ4n) is 1.08. The molecule has 0 spiro atoms. The molecule has 0 saturated heterocycles. The van der Waals surface area contributed by atoms with E-state index in [0.717, 1.165) is 0 Å². The van der Waals surface area contributed by atoms with Gasteiger partial charge in [-0.3, -0.25) is 0 Å². The smallest absolute Gasteiger partial charge is 0.319 e. The van der Waals surface area contributed by atoms with Gasteiger partial charge < -0.3 is 5.32 Å². The van der Waals surface area contributed by atoms with Crippen molar-refractivity contribution in [3.8, 4) is 0 Å². The summed E-state index contributed by atoms with van der Waals surface area (Å²) < 4.78 is 35.5. The Morgan fingerprint density at radius 3 is 1.83 bits per heavy atom. The average molecular weight is 206 g/mol. The van der Waals surface area contributed by atoms with Crippen molar-refractivity contribution in [1.82, 2.24) is 5.32 Å². The van der Waals surface area contributed by atoms with Gasteiger partial charge in [-0.15, -0.1) is 12.4 Å². The zero-order valence-electron chi connectivity index (χ0n) is 7.46. The van der Waals surface area contributed by atoms with E-state index in [2.05, 4.69) is 5.32 Å². The molecule has 0 bridgehead atoms. The van der Waals surface area contributed by atoms with Gasteiger partial charge in [0.1, 0.15) is 0 Å². The summed E-state index contributed by atoms with van der Waals surface area (Å²) in [6.07, 6.45) is -4.79. The molecule has 76 valence electrons. The summed E-state index contributed by atoms with van der Waals surface area (Å²) in [5.74, 6) is 0. The highest BCUT2D eigenvalue weighted by atomic mass is 35.5. The van der Waals surface area contributed by atoms with Crippen LogP contribution in [0.3, 0.4) is 0 Å². The van der Waals surface area contributed by atoms with Crippen molar-refractivity contribution in [3.05, 3.63) is 0 Å². The van der Waals surface area contributed by atoms with Crippen LogP contribution in [0.1, 0.15) is 20.3 Å². The molecule has 0 amide bonds. The van der Waals surface area contributed by atoms with E-state index >= 15 is 0 Å². The first-order valence-corrected chi connectivity index (χ1v) is 3.48. The highest BCUT2D eigenvalue weighted by molar-refractivity contribution is 5.85. The average Bonchev–Trinajstić information content (AvgIpc) is 1.55. The van der Waals surface area contributed by atoms with Crippen molar-refractivity contribution in [2.45, 2.75) is 26.4 Å². The van der Waals surface area contributed by atoms with Gasteiger partial charge in [0.2, 0.25) is 0 Å². The third-order valence-electron chi connectivity index (χ3n) is 1.33. The first-order valence-electron chi connectivity index (χ1n) is 3.48. The number of nitrogens with one attached hydrogen (secondary N) is 1. The summed E-state index contributed by atoms with van der Waals surface area (Å²) in [4.78, 5) is 0.